The van der Waals surface area contributed by atoms with E-state index in [4.69, 9.17) is 5.73 Å². The number of nitrogen functional groups attached to an aromatic ring is 1. The van der Waals surface area contributed by atoms with Gasteiger partial charge in [-0.05, 0) is 30.2 Å². The van der Waals surface area contributed by atoms with Crippen molar-refractivity contribution in [3.63, 3.8) is 0 Å². The SMILES string of the molecule is Cc1cnccc1CNC(=O)c1cccc([N+](=O)[O-])c1N. The number of rotatable bonds is 4. The largest absolute Gasteiger partial charge is 0.393 e. The molecule has 1 amide bonds. The minimum absolute atomic E-state index is 0.0934. The fraction of sp³-hybridized carbons (Fsp3) is 0.143. The van der Waals surface area contributed by atoms with E-state index in [-0.39, 0.29) is 16.9 Å². The molecule has 2 rings (SSSR count). The predicted molar refractivity (Wildman–Crippen MR) is 77.7 cm³/mol. The highest BCUT2D eigenvalue weighted by Crippen LogP contribution is 2.24. The predicted octanol–water partition coefficient (Wildman–Crippen LogP) is 1.81. The zero-order chi connectivity index (χ0) is 15.4. The number of nitrogens with two attached hydrogens (primary N) is 1. The summed E-state index contributed by atoms with van der Waals surface area (Å²) in [5, 5.41) is 13.5. The van der Waals surface area contributed by atoms with Gasteiger partial charge < -0.3 is 11.1 Å². The lowest BCUT2D eigenvalue weighted by Gasteiger charge is -2.09. The van der Waals surface area contributed by atoms with Crippen molar-refractivity contribution in [1.82, 2.24) is 10.3 Å². The summed E-state index contributed by atoms with van der Waals surface area (Å²) in [6, 6.07) is 5.95. The van der Waals surface area contributed by atoms with E-state index in [2.05, 4.69) is 10.3 Å². The zero-order valence-corrected chi connectivity index (χ0v) is 11.4. The van der Waals surface area contributed by atoms with E-state index in [1.165, 1.54) is 18.2 Å². The zero-order valence-electron chi connectivity index (χ0n) is 11.4. The van der Waals surface area contributed by atoms with Crippen molar-refractivity contribution in [2.75, 3.05) is 5.73 Å². The van der Waals surface area contributed by atoms with Crippen LogP contribution < -0.4 is 11.1 Å². The van der Waals surface area contributed by atoms with Gasteiger partial charge in [-0.1, -0.05) is 6.07 Å². The second-order valence-corrected chi connectivity index (χ2v) is 4.48. The first-order chi connectivity index (χ1) is 10.0. The lowest BCUT2D eigenvalue weighted by atomic mass is 10.1. The molecule has 0 aliphatic carbocycles. The third kappa shape index (κ3) is 3.14. The number of hydrogen-bond donors (Lipinski definition) is 2. The summed E-state index contributed by atoms with van der Waals surface area (Å²) in [5.74, 6) is -0.451. The Kier molecular flexibility index (Phi) is 4.13. The molecular formula is C14H14N4O3. The third-order valence-corrected chi connectivity index (χ3v) is 3.10. The number of benzene rings is 1. The summed E-state index contributed by atoms with van der Waals surface area (Å²) in [6.07, 6.45) is 3.33. The molecule has 0 aliphatic rings. The molecule has 21 heavy (non-hydrogen) atoms. The quantitative estimate of drug-likeness (QED) is 0.506. The van der Waals surface area contributed by atoms with Crippen molar-refractivity contribution in [2.45, 2.75) is 13.5 Å². The molecule has 0 bridgehead atoms. The van der Waals surface area contributed by atoms with E-state index in [0.717, 1.165) is 11.1 Å². The molecule has 7 heteroatoms. The number of carbonyl (C=O) groups excluding carboxylic acids is 1. The van der Waals surface area contributed by atoms with Gasteiger partial charge in [-0.25, -0.2) is 0 Å². The Morgan fingerprint density at radius 3 is 2.86 bits per heavy atom. The molecular weight excluding hydrogens is 272 g/mol. The first-order valence-electron chi connectivity index (χ1n) is 6.21. The van der Waals surface area contributed by atoms with Crippen molar-refractivity contribution >= 4 is 17.3 Å². The van der Waals surface area contributed by atoms with Crippen LogP contribution in [0.4, 0.5) is 11.4 Å². The standard InChI is InChI=1S/C14H14N4O3/c1-9-7-16-6-5-10(9)8-17-14(19)11-3-2-4-12(13(11)15)18(20)21/h2-7H,8,15H2,1H3,(H,17,19). The summed E-state index contributed by atoms with van der Waals surface area (Å²) in [6.45, 7) is 2.19. The minimum atomic E-state index is -0.612. The first-order valence-corrected chi connectivity index (χ1v) is 6.21. The molecule has 0 saturated heterocycles. The Bertz CT molecular complexity index is 700. The fourth-order valence-corrected chi connectivity index (χ4v) is 1.88. The highest BCUT2D eigenvalue weighted by atomic mass is 16.6. The van der Waals surface area contributed by atoms with Crippen molar-refractivity contribution in [2.24, 2.45) is 0 Å². The van der Waals surface area contributed by atoms with Crippen molar-refractivity contribution in [3.8, 4) is 0 Å². The second-order valence-electron chi connectivity index (χ2n) is 4.48. The van der Waals surface area contributed by atoms with Crippen LogP contribution in [0.1, 0.15) is 21.5 Å². The molecule has 0 saturated carbocycles. The summed E-state index contributed by atoms with van der Waals surface area (Å²) >= 11 is 0. The number of nitrogens with one attached hydrogen (secondary N) is 1. The monoisotopic (exact) mass is 286 g/mol. The van der Waals surface area contributed by atoms with Crippen LogP contribution in [0.15, 0.2) is 36.7 Å². The Morgan fingerprint density at radius 1 is 1.43 bits per heavy atom. The number of para-hydroxylation sites is 1. The molecule has 0 fully saturated rings. The third-order valence-electron chi connectivity index (χ3n) is 3.10. The van der Waals surface area contributed by atoms with Gasteiger partial charge in [0.25, 0.3) is 11.6 Å². The maximum atomic E-state index is 12.1. The van der Waals surface area contributed by atoms with E-state index < -0.39 is 10.8 Å². The minimum Gasteiger partial charge on any atom is -0.393 e. The van der Waals surface area contributed by atoms with Gasteiger partial charge in [-0.2, -0.15) is 0 Å². The summed E-state index contributed by atoms with van der Waals surface area (Å²) in [7, 11) is 0. The molecule has 2 aromatic rings. The summed E-state index contributed by atoms with van der Waals surface area (Å²) < 4.78 is 0. The van der Waals surface area contributed by atoms with Crippen LogP contribution in [0.2, 0.25) is 0 Å². The van der Waals surface area contributed by atoms with Crippen LogP contribution in [0.25, 0.3) is 0 Å². The number of amides is 1. The average Bonchev–Trinajstić information content (AvgIpc) is 2.46. The number of aryl methyl sites for hydroxylation is 1. The number of anilines is 1. The molecule has 1 aromatic heterocycles. The van der Waals surface area contributed by atoms with Crippen molar-refractivity contribution in [3.05, 3.63) is 63.5 Å². The Hall–Kier alpha value is -2.96. The lowest BCUT2D eigenvalue weighted by Crippen LogP contribution is -2.24. The molecule has 0 aliphatic heterocycles. The lowest BCUT2D eigenvalue weighted by molar-refractivity contribution is -0.383. The maximum Gasteiger partial charge on any atom is 0.292 e. The Balaban J connectivity index is 2.16. The van der Waals surface area contributed by atoms with Gasteiger partial charge >= 0.3 is 0 Å². The average molecular weight is 286 g/mol. The number of carbonyl (C=O) groups is 1. The van der Waals surface area contributed by atoms with Gasteiger partial charge in [0.2, 0.25) is 0 Å². The Labute approximate surface area is 121 Å². The van der Waals surface area contributed by atoms with Crippen LogP contribution in [0.5, 0.6) is 0 Å². The normalized spacial score (nSPS) is 10.1. The molecule has 3 N–H and O–H groups in total. The van der Waals surface area contributed by atoms with E-state index in [1.807, 2.05) is 6.92 Å². The second kappa shape index (κ2) is 6.00. The summed E-state index contributed by atoms with van der Waals surface area (Å²) in [5.41, 5.74) is 7.22. The molecule has 7 nitrogen and oxygen atoms in total. The van der Waals surface area contributed by atoms with Crippen LogP contribution in [-0.2, 0) is 6.54 Å². The van der Waals surface area contributed by atoms with E-state index in [9.17, 15) is 14.9 Å². The summed E-state index contributed by atoms with van der Waals surface area (Å²) in [4.78, 5) is 26.3. The van der Waals surface area contributed by atoms with Crippen LogP contribution in [0.3, 0.4) is 0 Å². The van der Waals surface area contributed by atoms with Crippen LogP contribution in [0, 0.1) is 17.0 Å². The molecule has 0 radical (unpaired) electrons. The van der Waals surface area contributed by atoms with Gasteiger partial charge in [0, 0.05) is 25.0 Å². The fourth-order valence-electron chi connectivity index (χ4n) is 1.88. The number of pyridine rings is 1. The Morgan fingerprint density at radius 2 is 2.19 bits per heavy atom. The number of nitrogens with zero attached hydrogens (tertiary/aromatic N) is 2. The van der Waals surface area contributed by atoms with Gasteiger partial charge in [0.15, 0.2) is 0 Å². The van der Waals surface area contributed by atoms with Crippen LogP contribution in [-0.4, -0.2) is 15.8 Å². The van der Waals surface area contributed by atoms with Crippen molar-refractivity contribution < 1.29 is 9.72 Å². The van der Waals surface area contributed by atoms with E-state index >= 15 is 0 Å². The maximum absolute atomic E-state index is 12.1. The molecule has 0 atom stereocenters. The first kappa shape index (κ1) is 14.4. The van der Waals surface area contributed by atoms with Gasteiger partial charge in [0.05, 0.1) is 10.5 Å². The highest BCUT2D eigenvalue weighted by Gasteiger charge is 2.18. The number of nitro benzene ring substituents is 1. The smallest absolute Gasteiger partial charge is 0.292 e. The van der Waals surface area contributed by atoms with Crippen molar-refractivity contribution in [1.29, 1.82) is 0 Å². The topological polar surface area (TPSA) is 111 Å². The number of nitro groups is 1. The highest BCUT2D eigenvalue weighted by molar-refractivity contribution is 6.00. The number of aromatic nitrogens is 1. The van der Waals surface area contributed by atoms with E-state index in [0.29, 0.717) is 6.54 Å². The molecule has 0 unspecified atom stereocenters. The molecule has 0 spiro atoms. The van der Waals surface area contributed by atoms with Crippen LogP contribution >= 0.6 is 0 Å². The van der Waals surface area contributed by atoms with Gasteiger partial charge in [0.1, 0.15) is 5.69 Å². The van der Waals surface area contributed by atoms with Gasteiger partial charge in [-0.3, -0.25) is 19.9 Å². The molecule has 1 heterocycles. The molecule has 1 aromatic carbocycles. The van der Waals surface area contributed by atoms with Gasteiger partial charge in [-0.15, -0.1) is 0 Å². The van der Waals surface area contributed by atoms with E-state index in [1.54, 1.807) is 18.5 Å². The number of hydrogen-bond acceptors (Lipinski definition) is 5. The molecule has 108 valence electrons.